The van der Waals surface area contributed by atoms with Crippen LogP contribution < -0.4 is 4.74 Å². The number of aromatic nitrogens is 4. The molecule has 0 atom stereocenters. The second kappa shape index (κ2) is 5.40. The highest BCUT2D eigenvalue weighted by atomic mass is 16.5. The lowest BCUT2D eigenvalue weighted by molar-refractivity contribution is 0.287. The van der Waals surface area contributed by atoms with E-state index in [1.807, 2.05) is 31.4 Å². The Labute approximate surface area is 130 Å². The van der Waals surface area contributed by atoms with Gasteiger partial charge in [0, 0.05) is 18.6 Å². The maximum atomic E-state index is 5.84. The van der Waals surface area contributed by atoms with Crippen molar-refractivity contribution in [3.8, 4) is 5.88 Å². The van der Waals surface area contributed by atoms with Crippen molar-refractivity contribution in [2.24, 2.45) is 7.05 Å². The van der Waals surface area contributed by atoms with Crippen LogP contribution in [0.4, 0.5) is 0 Å². The molecule has 5 heteroatoms. The minimum atomic E-state index is 0.0354. The lowest BCUT2D eigenvalue weighted by atomic mass is 9.85. The van der Waals surface area contributed by atoms with Crippen LogP contribution in [0, 0.1) is 0 Å². The summed E-state index contributed by atoms with van der Waals surface area (Å²) in [7, 11) is 1.84. The molecule has 0 fully saturated rings. The first kappa shape index (κ1) is 14.5. The zero-order valence-corrected chi connectivity index (χ0v) is 13.4. The Morgan fingerprint density at radius 1 is 1.09 bits per heavy atom. The van der Waals surface area contributed by atoms with E-state index in [1.54, 1.807) is 11.0 Å². The molecule has 0 unspecified atom stereocenters. The van der Waals surface area contributed by atoms with E-state index in [1.165, 1.54) is 10.9 Å². The van der Waals surface area contributed by atoms with Gasteiger partial charge in [-0.25, -0.2) is 9.97 Å². The Kier molecular flexibility index (Phi) is 3.56. The average molecular weight is 296 g/mol. The first-order valence-electron chi connectivity index (χ1n) is 7.31. The number of benzene rings is 1. The quantitative estimate of drug-likeness (QED) is 0.744. The van der Waals surface area contributed by atoms with E-state index < -0.39 is 0 Å². The maximum absolute atomic E-state index is 5.84. The van der Waals surface area contributed by atoms with Gasteiger partial charge in [0.25, 0.3) is 0 Å². The van der Waals surface area contributed by atoms with Crippen molar-refractivity contribution in [2.75, 3.05) is 0 Å². The molecule has 0 saturated heterocycles. The van der Waals surface area contributed by atoms with E-state index >= 15 is 0 Å². The summed E-state index contributed by atoms with van der Waals surface area (Å²) in [5.41, 5.74) is 1.25. The summed E-state index contributed by atoms with van der Waals surface area (Å²) in [6.07, 6.45) is 3.57. The maximum Gasteiger partial charge on any atom is 0.221 e. The predicted octanol–water partition coefficient (Wildman–Crippen LogP) is 3.24. The molecule has 0 radical (unpaired) electrons. The molecule has 2 heterocycles. The zero-order chi connectivity index (χ0) is 15.7. The second-order valence-corrected chi connectivity index (χ2v) is 6.40. The molecule has 22 heavy (non-hydrogen) atoms. The summed E-state index contributed by atoms with van der Waals surface area (Å²) in [5.74, 6) is 1.27. The van der Waals surface area contributed by atoms with Gasteiger partial charge in [0.2, 0.25) is 5.88 Å². The van der Waals surface area contributed by atoms with Gasteiger partial charge < -0.3 is 4.74 Å². The highest BCUT2D eigenvalue weighted by molar-refractivity contribution is 5.90. The van der Waals surface area contributed by atoms with Crippen molar-refractivity contribution < 1.29 is 4.74 Å². The van der Waals surface area contributed by atoms with E-state index in [4.69, 9.17) is 4.74 Å². The Bertz CT molecular complexity index is 802. The zero-order valence-electron chi connectivity index (χ0n) is 13.4. The molecule has 0 aliphatic carbocycles. The van der Waals surface area contributed by atoms with E-state index in [0.29, 0.717) is 18.3 Å². The molecule has 0 aliphatic heterocycles. The van der Waals surface area contributed by atoms with Crippen LogP contribution in [0.15, 0.2) is 36.8 Å². The molecule has 1 aromatic carbocycles. The predicted molar refractivity (Wildman–Crippen MR) is 85.8 cm³/mol. The molecule has 3 rings (SSSR count). The first-order valence-corrected chi connectivity index (χ1v) is 7.31. The third kappa shape index (κ3) is 2.79. The smallest absolute Gasteiger partial charge is 0.221 e. The number of pyridine rings is 1. The summed E-state index contributed by atoms with van der Waals surface area (Å²) in [5, 5.41) is 6.41. The third-order valence-corrected chi connectivity index (χ3v) is 3.55. The van der Waals surface area contributed by atoms with Gasteiger partial charge in [0.05, 0.1) is 0 Å². The summed E-state index contributed by atoms with van der Waals surface area (Å²) in [6.45, 7) is 6.88. The van der Waals surface area contributed by atoms with Crippen molar-refractivity contribution >= 4 is 10.8 Å². The molecule has 0 aliphatic rings. The SMILES string of the molecule is Cn1cnc(COc2ncc(C(C)(C)C)c3ccccc23)n1. The molecule has 3 aromatic rings. The minimum Gasteiger partial charge on any atom is -0.469 e. The van der Waals surface area contributed by atoms with E-state index in [9.17, 15) is 0 Å². The summed E-state index contributed by atoms with van der Waals surface area (Å²) in [4.78, 5) is 8.68. The van der Waals surface area contributed by atoms with Crippen LogP contribution in [0.1, 0.15) is 32.2 Å². The number of nitrogens with zero attached hydrogens (tertiary/aromatic N) is 4. The fraction of sp³-hybridized carbons (Fsp3) is 0.353. The lowest BCUT2D eigenvalue weighted by Crippen LogP contribution is -2.13. The number of fused-ring (bicyclic) bond motifs is 1. The number of rotatable bonds is 3. The van der Waals surface area contributed by atoms with Crippen molar-refractivity contribution in [3.05, 3.63) is 48.2 Å². The first-order chi connectivity index (χ1) is 10.4. The van der Waals surface area contributed by atoms with Crippen LogP contribution in [-0.4, -0.2) is 19.7 Å². The van der Waals surface area contributed by atoms with Crippen LogP contribution in [0.3, 0.4) is 0 Å². The third-order valence-electron chi connectivity index (χ3n) is 3.55. The van der Waals surface area contributed by atoms with Crippen molar-refractivity contribution in [1.82, 2.24) is 19.7 Å². The Balaban J connectivity index is 1.97. The fourth-order valence-corrected chi connectivity index (χ4v) is 2.46. The summed E-state index contributed by atoms with van der Waals surface area (Å²) in [6, 6.07) is 8.20. The number of hydrogen-bond donors (Lipinski definition) is 0. The van der Waals surface area contributed by atoms with Crippen LogP contribution in [0.5, 0.6) is 5.88 Å². The molecule has 114 valence electrons. The topological polar surface area (TPSA) is 52.8 Å². The van der Waals surface area contributed by atoms with Crippen LogP contribution in [-0.2, 0) is 19.1 Å². The van der Waals surface area contributed by atoms with E-state index in [0.717, 1.165) is 5.39 Å². The van der Waals surface area contributed by atoms with E-state index in [2.05, 4.69) is 41.9 Å². The number of aryl methyl sites for hydroxylation is 1. The van der Waals surface area contributed by atoms with Crippen LogP contribution >= 0.6 is 0 Å². The van der Waals surface area contributed by atoms with Gasteiger partial charge in [0.15, 0.2) is 12.4 Å². The Hall–Kier alpha value is -2.43. The molecule has 2 aromatic heterocycles. The molecular formula is C17H20N4O. The van der Waals surface area contributed by atoms with Gasteiger partial charge >= 0.3 is 0 Å². The largest absolute Gasteiger partial charge is 0.469 e. The van der Waals surface area contributed by atoms with Gasteiger partial charge in [-0.1, -0.05) is 39.0 Å². The second-order valence-electron chi connectivity index (χ2n) is 6.40. The summed E-state index contributed by atoms with van der Waals surface area (Å²) < 4.78 is 7.50. The normalized spacial score (nSPS) is 11.8. The highest BCUT2D eigenvalue weighted by Gasteiger charge is 2.19. The monoisotopic (exact) mass is 296 g/mol. The van der Waals surface area contributed by atoms with Crippen LogP contribution in [0.2, 0.25) is 0 Å². The van der Waals surface area contributed by atoms with Gasteiger partial charge in [-0.2, -0.15) is 5.10 Å². The standard InChI is InChI=1S/C17H20N4O/c1-17(2,3)14-9-18-16(13-8-6-5-7-12(13)14)22-10-15-19-11-21(4)20-15/h5-9,11H,10H2,1-4H3. The van der Waals surface area contributed by atoms with Gasteiger partial charge in [-0.3, -0.25) is 4.68 Å². The highest BCUT2D eigenvalue weighted by Crippen LogP contribution is 2.33. The number of hydrogen-bond acceptors (Lipinski definition) is 4. The molecule has 5 nitrogen and oxygen atoms in total. The lowest BCUT2D eigenvalue weighted by Gasteiger charge is -2.21. The van der Waals surface area contributed by atoms with Crippen molar-refractivity contribution in [2.45, 2.75) is 32.8 Å². The van der Waals surface area contributed by atoms with Gasteiger partial charge in [-0.05, 0) is 22.4 Å². The van der Waals surface area contributed by atoms with Gasteiger partial charge in [0.1, 0.15) is 6.33 Å². The Morgan fingerprint density at radius 3 is 2.45 bits per heavy atom. The minimum absolute atomic E-state index is 0.0354. The molecule has 0 amide bonds. The van der Waals surface area contributed by atoms with Gasteiger partial charge in [-0.15, -0.1) is 0 Å². The van der Waals surface area contributed by atoms with Crippen molar-refractivity contribution in [1.29, 1.82) is 0 Å². The van der Waals surface area contributed by atoms with E-state index in [-0.39, 0.29) is 5.41 Å². The molecule has 0 bridgehead atoms. The summed E-state index contributed by atoms with van der Waals surface area (Å²) >= 11 is 0. The molecule has 0 saturated carbocycles. The average Bonchev–Trinajstić information content (AvgIpc) is 2.89. The fourth-order valence-electron chi connectivity index (χ4n) is 2.46. The molecule has 0 N–H and O–H groups in total. The number of ether oxygens (including phenoxy) is 1. The van der Waals surface area contributed by atoms with Crippen LogP contribution in [0.25, 0.3) is 10.8 Å². The van der Waals surface area contributed by atoms with Crippen molar-refractivity contribution in [3.63, 3.8) is 0 Å². The molecule has 0 spiro atoms. The Morgan fingerprint density at radius 2 is 1.82 bits per heavy atom. The molecular weight excluding hydrogens is 276 g/mol.